The third-order valence-electron chi connectivity index (χ3n) is 4.58. The van der Waals surface area contributed by atoms with Gasteiger partial charge in [-0.25, -0.2) is 0 Å². The molecular formula is C16H31NO2. The zero-order valence-corrected chi connectivity index (χ0v) is 13.1. The first-order valence-corrected chi connectivity index (χ1v) is 7.79. The number of nitrogens with zero attached hydrogens (tertiary/aromatic N) is 1. The van der Waals surface area contributed by atoms with Crippen LogP contribution in [0.1, 0.15) is 59.8 Å². The molecule has 0 bridgehead atoms. The Hall–Kier alpha value is -0.570. The largest absolute Gasteiger partial charge is 0.396 e. The lowest BCUT2D eigenvalue weighted by atomic mass is 9.69. The van der Waals surface area contributed by atoms with Crippen molar-refractivity contribution < 1.29 is 9.90 Å². The zero-order valence-electron chi connectivity index (χ0n) is 13.1. The van der Waals surface area contributed by atoms with Crippen LogP contribution < -0.4 is 0 Å². The highest BCUT2D eigenvalue weighted by atomic mass is 16.3. The standard InChI is InChI=1S/C16H31NO2/c1-5-17(11-6-12-18)15(19)13-7-9-14(10-8-13)16(2,3)4/h13-14,18H,5-12H2,1-4H3. The number of hydrogen-bond donors (Lipinski definition) is 1. The van der Waals surface area contributed by atoms with Gasteiger partial charge < -0.3 is 10.0 Å². The van der Waals surface area contributed by atoms with Crippen molar-refractivity contribution in [2.45, 2.75) is 59.8 Å². The molecule has 1 aliphatic rings. The molecule has 0 heterocycles. The molecule has 19 heavy (non-hydrogen) atoms. The third kappa shape index (κ3) is 4.79. The van der Waals surface area contributed by atoms with Crippen LogP contribution in [0.25, 0.3) is 0 Å². The maximum atomic E-state index is 12.4. The summed E-state index contributed by atoms with van der Waals surface area (Å²) in [6.07, 6.45) is 5.12. The van der Waals surface area contributed by atoms with Crippen LogP contribution in [0.2, 0.25) is 0 Å². The van der Waals surface area contributed by atoms with Crippen LogP contribution in [-0.4, -0.2) is 35.6 Å². The fourth-order valence-electron chi connectivity index (χ4n) is 3.15. The van der Waals surface area contributed by atoms with E-state index in [0.29, 0.717) is 24.3 Å². The minimum absolute atomic E-state index is 0.167. The molecule has 1 fully saturated rings. The van der Waals surface area contributed by atoms with Crippen molar-refractivity contribution in [2.24, 2.45) is 17.3 Å². The molecular weight excluding hydrogens is 238 g/mol. The molecule has 0 aliphatic heterocycles. The van der Waals surface area contributed by atoms with Crippen molar-refractivity contribution in [2.75, 3.05) is 19.7 Å². The van der Waals surface area contributed by atoms with E-state index in [1.165, 1.54) is 12.8 Å². The molecule has 0 atom stereocenters. The van der Waals surface area contributed by atoms with E-state index in [4.69, 9.17) is 5.11 Å². The minimum Gasteiger partial charge on any atom is -0.396 e. The van der Waals surface area contributed by atoms with Crippen LogP contribution in [0, 0.1) is 17.3 Å². The van der Waals surface area contributed by atoms with E-state index in [1.54, 1.807) is 0 Å². The second-order valence-corrected chi connectivity index (χ2v) is 6.91. The summed E-state index contributed by atoms with van der Waals surface area (Å²) in [7, 11) is 0. The molecule has 112 valence electrons. The van der Waals surface area contributed by atoms with Gasteiger partial charge in [0.2, 0.25) is 5.91 Å². The first-order chi connectivity index (χ1) is 8.90. The second kappa shape index (κ2) is 7.28. The predicted molar refractivity (Wildman–Crippen MR) is 78.9 cm³/mol. The van der Waals surface area contributed by atoms with Crippen LogP contribution in [0.15, 0.2) is 0 Å². The Morgan fingerprint density at radius 1 is 1.21 bits per heavy atom. The summed E-state index contributed by atoms with van der Waals surface area (Å²) in [6, 6.07) is 0. The van der Waals surface area contributed by atoms with Gasteiger partial charge in [0.25, 0.3) is 0 Å². The number of rotatable bonds is 5. The van der Waals surface area contributed by atoms with Gasteiger partial charge in [0, 0.05) is 25.6 Å². The number of hydrogen-bond acceptors (Lipinski definition) is 2. The maximum Gasteiger partial charge on any atom is 0.225 e. The molecule has 1 rings (SSSR count). The first-order valence-electron chi connectivity index (χ1n) is 7.79. The van der Waals surface area contributed by atoms with E-state index in [2.05, 4.69) is 20.8 Å². The van der Waals surface area contributed by atoms with Gasteiger partial charge in [-0.2, -0.15) is 0 Å². The number of aliphatic hydroxyl groups is 1. The van der Waals surface area contributed by atoms with E-state index >= 15 is 0 Å². The SMILES string of the molecule is CCN(CCCO)C(=O)C1CCC(C(C)(C)C)CC1. The predicted octanol–water partition coefficient (Wildman–Crippen LogP) is 3.07. The Balaban J connectivity index is 2.47. The third-order valence-corrected chi connectivity index (χ3v) is 4.58. The molecule has 3 nitrogen and oxygen atoms in total. The monoisotopic (exact) mass is 269 g/mol. The normalized spacial score (nSPS) is 24.3. The molecule has 0 spiro atoms. The van der Waals surface area contributed by atoms with Crippen molar-refractivity contribution in [1.29, 1.82) is 0 Å². The lowest BCUT2D eigenvalue weighted by Crippen LogP contribution is -2.39. The quantitative estimate of drug-likeness (QED) is 0.833. The van der Waals surface area contributed by atoms with Crippen LogP contribution in [0.5, 0.6) is 0 Å². The van der Waals surface area contributed by atoms with Gasteiger partial charge in [0.1, 0.15) is 0 Å². The summed E-state index contributed by atoms with van der Waals surface area (Å²) in [6.45, 7) is 10.6. The Kier molecular flexibility index (Phi) is 6.31. The Bertz CT molecular complexity index is 275. The lowest BCUT2D eigenvalue weighted by molar-refractivity contribution is -0.137. The van der Waals surface area contributed by atoms with Gasteiger partial charge in [-0.15, -0.1) is 0 Å². The Labute approximate surface area is 118 Å². The van der Waals surface area contributed by atoms with E-state index < -0.39 is 0 Å². The molecule has 0 saturated heterocycles. The summed E-state index contributed by atoms with van der Waals surface area (Å²) in [5.74, 6) is 1.28. The molecule has 1 amide bonds. The number of carbonyl (C=O) groups excluding carboxylic acids is 1. The number of aliphatic hydroxyl groups excluding tert-OH is 1. The van der Waals surface area contributed by atoms with Crippen LogP contribution in [-0.2, 0) is 4.79 Å². The highest BCUT2D eigenvalue weighted by molar-refractivity contribution is 5.78. The fraction of sp³-hybridized carbons (Fsp3) is 0.938. The molecule has 1 N–H and O–H groups in total. The van der Waals surface area contributed by atoms with Gasteiger partial charge >= 0.3 is 0 Å². The summed E-state index contributed by atoms with van der Waals surface area (Å²) < 4.78 is 0. The van der Waals surface area contributed by atoms with Gasteiger partial charge in [-0.05, 0) is 50.4 Å². The van der Waals surface area contributed by atoms with Crippen LogP contribution >= 0.6 is 0 Å². The van der Waals surface area contributed by atoms with Gasteiger partial charge in [0.05, 0.1) is 0 Å². The van der Waals surface area contributed by atoms with Gasteiger partial charge in [-0.3, -0.25) is 4.79 Å². The topological polar surface area (TPSA) is 40.5 Å². The summed E-state index contributed by atoms with van der Waals surface area (Å²) >= 11 is 0. The summed E-state index contributed by atoms with van der Waals surface area (Å²) in [4.78, 5) is 14.4. The maximum absolute atomic E-state index is 12.4. The van der Waals surface area contributed by atoms with E-state index in [9.17, 15) is 4.79 Å². The molecule has 0 aromatic rings. The van der Waals surface area contributed by atoms with Crippen molar-refractivity contribution in [3.63, 3.8) is 0 Å². The zero-order chi connectivity index (χ0) is 14.5. The highest BCUT2D eigenvalue weighted by Crippen LogP contribution is 2.40. The van der Waals surface area contributed by atoms with Crippen LogP contribution in [0.3, 0.4) is 0 Å². The number of carbonyl (C=O) groups is 1. The number of amides is 1. The van der Waals surface area contributed by atoms with E-state index in [1.807, 2.05) is 11.8 Å². The molecule has 0 unspecified atom stereocenters. The molecule has 0 radical (unpaired) electrons. The van der Waals surface area contributed by atoms with Crippen molar-refractivity contribution >= 4 is 5.91 Å². The lowest BCUT2D eigenvalue weighted by Gasteiger charge is -2.37. The first kappa shape index (κ1) is 16.5. The molecule has 0 aromatic carbocycles. The van der Waals surface area contributed by atoms with Crippen LogP contribution in [0.4, 0.5) is 0 Å². The highest BCUT2D eigenvalue weighted by Gasteiger charge is 2.33. The average Bonchev–Trinajstić information content (AvgIpc) is 2.38. The van der Waals surface area contributed by atoms with E-state index in [-0.39, 0.29) is 12.5 Å². The Morgan fingerprint density at radius 2 is 1.79 bits per heavy atom. The summed E-state index contributed by atoms with van der Waals surface area (Å²) in [5.41, 5.74) is 0.370. The van der Waals surface area contributed by atoms with Gasteiger partial charge in [0.15, 0.2) is 0 Å². The molecule has 3 heteroatoms. The molecule has 1 aliphatic carbocycles. The smallest absolute Gasteiger partial charge is 0.225 e. The minimum atomic E-state index is 0.167. The fourth-order valence-corrected chi connectivity index (χ4v) is 3.15. The Morgan fingerprint density at radius 3 is 2.21 bits per heavy atom. The average molecular weight is 269 g/mol. The second-order valence-electron chi connectivity index (χ2n) is 6.91. The van der Waals surface area contributed by atoms with Crippen molar-refractivity contribution in [3.8, 4) is 0 Å². The van der Waals surface area contributed by atoms with E-state index in [0.717, 1.165) is 25.3 Å². The van der Waals surface area contributed by atoms with Gasteiger partial charge in [-0.1, -0.05) is 20.8 Å². The van der Waals surface area contributed by atoms with Crippen molar-refractivity contribution in [3.05, 3.63) is 0 Å². The summed E-state index contributed by atoms with van der Waals surface area (Å²) in [5, 5.41) is 8.89. The molecule has 0 aromatic heterocycles. The van der Waals surface area contributed by atoms with Crippen molar-refractivity contribution in [1.82, 2.24) is 4.90 Å². The molecule has 1 saturated carbocycles.